The molecule has 0 atom stereocenters. The van der Waals surface area contributed by atoms with Gasteiger partial charge in [0.2, 0.25) is 0 Å². The highest BCUT2D eigenvalue weighted by Crippen LogP contribution is 1.90. The number of hydrogen-bond donors (Lipinski definition) is 1. The number of allylic oxidation sites excluding steroid dienone is 1. The van der Waals surface area contributed by atoms with Crippen molar-refractivity contribution in [1.29, 1.82) is 0 Å². The third kappa shape index (κ3) is 4.03. The maximum atomic E-state index is 3.04. The van der Waals surface area contributed by atoms with E-state index < -0.39 is 0 Å². The molecule has 54 valence electrons. The molecule has 0 saturated heterocycles. The lowest BCUT2D eigenvalue weighted by molar-refractivity contribution is 0.312. The minimum absolute atomic E-state index is 1.00. The maximum Gasteiger partial charge on any atom is 0.0309 e. The highest BCUT2D eigenvalue weighted by molar-refractivity contribution is 4.91. The zero-order chi connectivity index (χ0) is 7.28. The van der Waals surface area contributed by atoms with Gasteiger partial charge in [0.25, 0.3) is 0 Å². The average molecular weight is 128 g/mol. The Morgan fingerprint density at radius 1 is 1.56 bits per heavy atom. The second-order valence-corrected chi connectivity index (χ2v) is 2.22. The van der Waals surface area contributed by atoms with Crippen LogP contribution in [0.4, 0.5) is 0 Å². The molecular weight excluding hydrogens is 112 g/mol. The van der Waals surface area contributed by atoms with E-state index in [1.165, 1.54) is 5.57 Å². The topological polar surface area (TPSA) is 15.3 Å². The Morgan fingerprint density at radius 3 is 2.22 bits per heavy atom. The van der Waals surface area contributed by atoms with Crippen molar-refractivity contribution in [3.8, 4) is 0 Å². The van der Waals surface area contributed by atoms with Crippen LogP contribution < -0.4 is 5.43 Å². The van der Waals surface area contributed by atoms with Gasteiger partial charge in [-0.1, -0.05) is 5.57 Å². The van der Waals surface area contributed by atoms with E-state index in [1.807, 2.05) is 12.1 Å². The normalized spacial score (nSPS) is 8.89. The van der Waals surface area contributed by atoms with Gasteiger partial charge in [0, 0.05) is 19.8 Å². The molecule has 0 spiro atoms. The van der Waals surface area contributed by atoms with Gasteiger partial charge in [0.1, 0.15) is 0 Å². The molecule has 1 N–H and O–H groups in total. The molecule has 0 heterocycles. The van der Waals surface area contributed by atoms with Crippen LogP contribution in [0.2, 0.25) is 0 Å². The first-order valence-electron chi connectivity index (χ1n) is 3.29. The summed E-state index contributed by atoms with van der Waals surface area (Å²) in [6, 6.07) is 0. The Morgan fingerprint density at radius 2 is 2.11 bits per heavy atom. The largest absolute Gasteiger partial charge is 0.316 e. The standard InChI is InChI=1S/C7H16N2/c1-5-9(8-4)6-7(2)3/h6,8H,5H2,1-4H3. The Bertz CT molecular complexity index is 89.1. The molecule has 9 heavy (non-hydrogen) atoms. The molecule has 0 fully saturated rings. The van der Waals surface area contributed by atoms with Crippen LogP contribution in [0.15, 0.2) is 11.8 Å². The van der Waals surface area contributed by atoms with Gasteiger partial charge < -0.3 is 5.01 Å². The molecule has 0 bridgehead atoms. The van der Waals surface area contributed by atoms with Gasteiger partial charge in [-0.25, -0.2) is 5.43 Å². The van der Waals surface area contributed by atoms with E-state index >= 15 is 0 Å². The molecule has 0 aliphatic rings. The minimum Gasteiger partial charge on any atom is -0.316 e. The van der Waals surface area contributed by atoms with Crippen LogP contribution in [0.1, 0.15) is 20.8 Å². The molecule has 0 radical (unpaired) electrons. The zero-order valence-corrected chi connectivity index (χ0v) is 6.73. The van der Waals surface area contributed by atoms with Gasteiger partial charge in [-0.2, -0.15) is 0 Å². The predicted molar refractivity (Wildman–Crippen MR) is 40.9 cm³/mol. The first-order valence-corrected chi connectivity index (χ1v) is 3.29. The van der Waals surface area contributed by atoms with Crippen molar-refractivity contribution in [3.05, 3.63) is 11.8 Å². The van der Waals surface area contributed by atoms with E-state index in [1.54, 1.807) is 0 Å². The number of hydrogen-bond acceptors (Lipinski definition) is 2. The van der Waals surface area contributed by atoms with Crippen LogP contribution in [0.25, 0.3) is 0 Å². The molecule has 0 amide bonds. The van der Waals surface area contributed by atoms with Crippen molar-refractivity contribution in [2.45, 2.75) is 20.8 Å². The van der Waals surface area contributed by atoms with Gasteiger partial charge in [0.15, 0.2) is 0 Å². The van der Waals surface area contributed by atoms with Crippen LogP contribution >= 0.6 is 0 Å². The van der Waals surface area contributed by atoms with Crippen molar-refractivity contribution >= 4 is 0 Å². The van der Waals surface area contributed by atoms with Crippen molar-refractivity contribution in [3.63, 3.8) is 0 Å². The number of nitrogens with zero attached hydrogens (tertiary/aromatic N) is 1. The van der Waals surface area contributed by atoms with Gasteiger partial charge >= 0.3 is 0 Å². The van der Waals surface area contributed by atoms with Gasteiger partial charge in [-0.05, 0) is 20.8 Å². The van der Waals surface area contributed by atoms with E-state index in [2.05, 4.69) is 32.4 Å². The smallest absolute Gasteiger partial charge is 0.0309 e. The highest BCUT2D eigenvalue weighted by atomic mass is 15.5. The first-order chi connectivity index (χ1) is 4.20. The van der Waals surface area contributed by atoms with Crippen molar-refractivity contribution in [2.75, 3.05) is 13.6 Å². The van der Waals surface area contributed by atoms with Crippen molar-refractivity contribution < 1.29 is 0 Å². The molecule has 0 aliphatic heterocycles. The van der Waals surface area contributed by atoms with Crippen molar-refractivity contribution in [1.82, 2.24) is 10.4 Å². The summed E-state index contributed by atoms with van der Waals surface area (Å²) in [5.41, 5.74) is 4.35. The molecule has 0 aliphatic carbocycles. The lowest BCUT2D eigenvalue weighted by Crippen LogP contribution is -2.29. The lowest BCUT2D eigenvalue weighted by Gasteiger charge is -2.16. The van der Waals surface area contributed by atoms with Crippen LogP contribution in [-0.2, 0) is 0 Å². The fourth-order valence-corrected chi connectivity index (χ4v) is 0.626. The Hall–Kier alpha value is -0.500. The van der Waals surface area contributed by atoms with Crippen LogP contribution in [0, 0.1) is 0 Å². The Balaban J connectivity index is 3.68. The molecule has 0 aromatic carbocycles. The summed E-state index contributed by atoms with van der Waals surface area (Å²) in [5.74, 6) is 0. The second-order valence-electron chi connectivity index (χ2n) is 2.22. The molecule has 2 nitrogen and oxygen atoms in total. The van der Waals surface area contributed by atoms with E-state index in [9.17, 15) is 0 Å². The molecule has 0 unspecified atom stereocenters. The molecule has 0 aromatic rings. The zero-order valence-electron chi connectivity index (χ0n) is 6.73. The third-order valence-electron chi connectivity index (χ3n) is 1.04. The summed E-state index contributed by atoms with van der Waals surface area (Å²) in [7, 11) is 1.92. The van der Waals surface area contributed by atoms with Crippen molar-refractivity contribution in [2.24, 2.45) is 0 Å². The average Bonchev–Trinajstić information content (AvgIpc) is 1.82. The summed E-state index contributed by atoms with van der Waals surface area (Å²) in [6.45, 7) is 7.28. The second kappa shape index (κ2) is 4.39. The quantitative estimate of drug-likeness (QED) is 0.577. The SMILES string of the molecule is CCN(C=C(C)C)NC. The Labute approximate surface area is 57.5 Å². The van der Waals surface area contributed by atoms with Gasteiger partial charge in [0.05, 0.1) is 0 Å². The molecule has 0 saturated carbocycles. The monoisotopic (exact) mass is 128 g/mol. The first kappa shape index (κ1) is 8.50. The molecule has 0 aromatic heterocycles. The van der Waals surface area contributed by atoms with Crippen LogP contribution in [-0.4, -0.2) is 18.6 Å². The summed E-state index contributed by atoms with van der Waals surface area (Å²) in [5, 5.41) is 2.04. The summed E-state index contributed by atoms with van der Waals surface area (Å²) in [4.78, 5) is 0. The third-order valence-corrected chi connectivity index (χ3v) is 1.04. The molecule has 0 rings (SSSR count). The summed E-state index contributed by atoms with van der Waals surface area (Å²) in [6.07, 6.45) is 2.08. The molecule has 2 heteroatoms. The summed E-state index contributed by atoms with van der Waals surface area (Å²) >= 11 is 0. The van der Waals surface area contributed by atoms with Crippen LogP contribution in [0.5, 0.6) is 0 Å². The lowest BCUT2D eigenvalue weighted by atomic mass is 10.4. The van der Waals surface area contributed by atoms with Gasteiger partial charge in [-0.15, -0.1) is 0 Å². The van der Waals surface area contributed by atoms with E-state index in [0.717, 1.165) is 6.54 Å². The van der Waals surface area contributed by atoms with E-state index in [-0.39, 0.29) is 0 Å². The van der Waals surface area contributed by atoms with Gasteiger partial charge in [-0.3, -0.25) is 0 Å². The Kier molecular flexibility index (Phi) is 4.14. The number of hydrazine groups is 1. The highest BCUT2D eigenvalue weighted by Gasteiger charge is 1.87. The fourth-order valence-electron chi connectivity index (χ4n) is 0.626. The van der Waals surface area contributed by atoms with E-state index in [4.69, 9.17) is 0 Å². The van der Waals surface area contributed by atoms with E-state index in [0.29, 0.717) is 0 Å². The minimum atomic E-state index is 1.00. The summed E-state index contributed by atoms with van der Waals surface area (Å²) < 4.78 is 0. The number of rotatable bonds is 3. The maximum absolute atomic E-state index is 3.04. The fraction of sp³-hybridized carbons (Fsp3) is 0.714. The number of nitrogens with one attached hydrogen (secondary N) is 1. The predicted octanol–water partition coefficient (Wildman–Crippen LogP) is 1.37. The molecular formula is C7H16N2. The van der Waals surface area contributed by atoms with Crippen LogP contribution in [0.3, 0.4) is 0 Å².